The Hall–Kier alpha value is -1.34. The summed E-state index contributed by atoms with van der Waals surface area (Å²) < 4.78 is 1.76. The first-order valence-corrected chi connectivity index (χ1v) is 10.3. The van der Waals surface area contributed by atoms with Crippen LogP contribution in [0, 0.1) is 0 Å². The second kappa shape index (κ2) is 7.27. The maximum atomic E-state index is 13.1. The first kappa shape index (κ1) is 17.5. The zero-order valence-electron chi connectivity index (χ0n) is 14.3. The molecule has 2 heterocycles. The summed E-state index contributed by atoms with van der Waals surface area (Å²) in [5.74, 6) is -0.0198. The lowest BCUT2D eigenvalue weighted by molar-refractivity contribution is -0.120. The van der Waals surface area contributed by atoms with Crippen molar-refractivity contribution in [3.05, 3.63) is 20.8 Å². The van der Waals surface area contributed by atoms with Crippen molar-refractivity contribution in [1.82, 2.24) is 14.9 Å². The number of carbonyl (C=O) groups excluding carboxylic acids is 1. The number of fused-ring (bicyclic) bond motifs is 3. The molecule has 0 unspecified atom stereocenters. The zero-order chi connectivity index (χ0) is 17.3. The van der Waals surface area contributed by atoms with Crippen molar-refractivity contribution in [2.24, 2.45) is 0 Å². The Balaban J connectivity index is 2.05. The fraction of sp³-hybridized carbons (Fsp3) is 0.588. The molecule has 0 fully saturated rings. The van der Waals surface area contributed by atoms with Crippen LogP contribution >= 0.6 is 23.1 Å². The molecular formula is C17H23N3O2S2. The summed E-state index contributed by atoms with van der Waals surface area (Å²) >= 11 is 3.02. The number of hydrogen-bond donors (Lipinski definition) is 1. The van der Waals surface area contributed by atoms with Crippen molar-refractivity contribution in [3.63, 3.8) is 0 Å². The van der Waals surface area contributed by atoms with Crippen LogP contribution in [0.15, 0.2) is 9.95 Å². The molecule has 0 aliphatic heterocycles. The van der Waals surface area contributed by atoms with Gasteiger partial charge in [-0.25, -0.2) is 4.98 Å². The van der Waals surface area contributed by atoms with Crippen LogP contribution in [0.5, 0.6) is 0 Å². The first-order valence-electron chi connectivity index (χ1n) is 8.56. The molecule has 2 aromatic rings. The van der Waals surface area contributed by atoms with E-state index in [1.807, 2.05) is 13.8 Å². The van der Waals surface area contributed by atoms with E-state index in [9.17, 15) is 9.59 Å². The summed E-state index contributed by atoms with van der Waals surface area (Å²) in [6, 6.07) is 0. The van der Waals surface area contributed by atoms with Crippen LogP contribution < -0.4 is 10.9 Å². The number of carbonyl (C=O) groups is 1. The standard InChI is InChI=1S/C17H23N3O2S2/c1-4-9-20-16(22)13-11-7-6-8-12(11)24-15(13)19-17(20)23-10(3)14(21)18-5-2/h10H,4-9H2,1-3H3,(H,18,21)/t10-/m1/s1. The van der Waals surface area contributed by atoms with Crippen molar-refractivity contribution >= 4 is 39.2 Å². The minimum absolute atomic E-state index is 0.0198. The van der Waals surface area contributed by atoms with Gasteiger partial charge in [0.2, 0.25) is 5.91 Å². The van der Waals surface area contributed by atoms with Crippen LogP contribution in [0.1, 0.15) is 44.1 Å². The Bertz CT molecular complexity index is 825. The van der Waals surface area contributed by atoms with Crippen molar-refractivity contribution < 1.29 is 4.79 Å². The monoisotopic (exact) mass is 365 g/mol. The van der Waals surface area contributed by atoms with E-state index in [1.54, 1.807) is 15.9 Å². The second-order valence-electron chi connectivity index (χ2n) is 6.04. The van der Waals surface area contributed by atoms with Crippen LogP contribution in [0.2, 0.25) is 0 Å². The summed E-state index contributed by atoms with van der Waals surface area (Å²) in [5, 5.41) is 4.03. The third-order valence-electron chi connectivity index (χ3n) is 4.24. The van der Waals surface area contributed by atoms with Gasteiger partial charge in [0.25, 0.3) is 5.56 Å². The van der Waals surface area contributed by atoms with Crippen molar-refractivity contribution in [2.75, 3.05) is 6.54 Å². The van der Waals surface area contributed by atoms with Crippen molar-refractivity contribution in [3.8, 4) is 0 Å². The molecule has 1 aliphatic carbocycles. The minimum Gasteiger partial charge on any atom is -0.355 e. The number of hydrogen-bond acceptors (Lipinski definition) is 5. The summed E-state index contributed by atoms with van der Waals surface area (Å²) in [4.78, 5) is 32.0. The lowest BCUT2D eigenvalue weighted by Crippen LogP contribution is -2.31. The lowest BCUT2D eigenvalue weighted by atomic mass is 10.2. The van der Waals surface area contributed by atoms with Gasteiger partial charge >= 0.3 is 0 Å². The van der Waals surface area contributed by atoms with Crippen LogP contribution in [0.3, 0.4) is 0 Å². The Morgan fingerprint density at radius 2 is 2.21 bits per heavy atom. The van der Waals surface area contributed by atoms with Gasteiger partial charge in [-0.15, -0.1) is 11.3 Å². The van der Waals surface area contributed by atoms with Gasteiger partial charge < -0.3 is 5.32 Å². The highest BCUT2D eigenvalue weighted by Gasteiger charge is 2.24. The molecule has 0 bridgehead atoms. The Morgan fingerprint density at radius 1 is 1.42 bits per heavy atom. The summed E-state index contributed by atoms with van der Waals surface area (Å²) in [6.45, 7) is 7.05. The highest BCUT2D eigenvalue weighted by Crippen LogP contribution is 2.36. The van der Waals surface area contributed by atoms with E-state index in [4.69, 9.17) is 4.98 Å². The molecule has 3 rings (SSSR count). The summed E-state index contributed by atoms with van der Waals surface area (Å²) in [6.07, 6.45) is 4.04. The summed E-state index contributed by atoms with van der Waals surface area (Å²) in [5.41, 5.74) is 1.28. The van der Waals surface area contributed by atoms with Crippen LogP contribution in [0.4, 0.5) is 0 Å². The van der Waals surface area contributed by atoms with Gasteiger partial charge in [0, 0.05) is 18.0 Å². The smallest absolute Gasteiger partial charge is 0.263 e. The van der Waals surface area contributed by atoms with Gasteiger partial charge in [-0.1, -0.05) is 18.7 Å². The number of thiophene rings is 1. The zero-order valence-corrected chi connectivity index (χ0v) is 16.0. The number of nitrogens with zero attached hydrogens (tertiary/aromatic N) is 2. The second-order valence-corrected chi connectivity index (χ2v) is 8.43. The Kier molecular flexibility index (Phi) is 5.30. The predicted octanol–water partition coefficient (Wildman–Crippen LogP) is 2.97. The van der Waals surface area contributed by atoms with E-state index in [2.05, 4.69) is 12.2 Å². The number of aryl methyl sites for hydroxylation is 2. The number of aromatic nitrogens is 2. The van der Waals surface area contributed by atoms with Gasteiger partial charge in [0.1, 0.15) is 4.83 Å². The van der Waals surface area contributed by atoms with Crippen molar-refractivity contribution in [1.29, 1.82) is 0 Å². The average Bonchev–Trinajstić information content (AvgIpc) is 3.11. The number of thioether (sulfide) groups is 1. The third kappa shape index (κ3) is 3.11. The minimum atomic E-state index is -0.274. The van der Waals surface area contributed by atoms with E-state index < -0.39 is 0 Å². The van der Waals surface area contributed by atoms with E-state index in [0.29, 0.717) is 18.2 Å². The molecule has 0 radical (unpaired) electrons. The normalized spacial score (nSPS) is 14.8. The molecule has 130 valence electrons. The molecule has 1 amide bonds. The maximum absolute atomic E-state index is 13.1. The Labute approximate surface area is 149 Å². The van der Waals surface area contributed by atoms with E-state index in [1.165, 1.54) is 22.2 Å². The van der Waals surface area contributed by atoms with E-state index >= 15 is 0 Å². The average molecular weight is 366 g/mol. The van der Waals surface area contributed by atoms with Gasteiger partial charge in [-0.3, -0.25) is 14.2 Å². The van der Waals surface area contributed by atoms with Gasteiger partial charge in [0.15, 0.2) is 5.16 Å². The first-order chi connectivity index (χ1) is 11.6. The molecule has 0 spiro atoms. The molecule has 0 aromatic carbocycles. The predicted molar refractivity (Wildman–Crippen MR) is 100 cm³/mol. The number of rotatable bonds is 6. The van der Waals surface area contributed by atoms with Gasteiger partial charge in [0.05, 0.1) is 10.6 Å². The molecule has 1 aliphatic rings. The van der Waals surface area contributed by atoms with Gasteiger partial charge in [-0.2, -0.15) is 0 Å². The fourth-order valence-corrected chi connectivity index (χ4v) is 5.36. The van der Waals surface area contributed by atoms with Crippen molar-refractivity contribution in [2.45, 2.75) is 63.4 Å². The van der Waals surface area contributed by atoms with Crippen LogP contribution in [-0.4, -0.2) is 27.3 Å². The summed E-state index contributed by atoms with van der Waals surface area (Å²) in [7, 11) is 0. The molecule has 24 heavy (non-hydrogen) atoms. The Morgan fingerprint density at radius 3 is 2.92 bits per heavy atom. The molecular weight excluding hydrogens is 342 g/mol. The molecule has 5 nitrogen and oxygen atoms in total. The maximum Gasteiger partial charge on any atom is 0.263 e. The highest BCUT2D eigenvalue weighted by atomic mass is 32.2. The number of nitrogens with one attached hydrogen (secondary N) is 1. The molecule has 1 atom stereocenters. The lowest BCUT2D eigenvalue weighted by Gasteiger charge is -2.15. The highest BCUT2D eigenvalue weighted by molar-refractivity contribution is 8.00. The molecule has 7 heteroatoms. The van der Waals surface area contributed by atoms with Crippen LogP contribution in [0.25, 0.3) is 10.2 Å². The number of amides is 1. The molecule has 0 saturated heterocycles. The molecule has 2 aromatic heterocycles. The van der Waals surface area contributed by atoms with E-state index in [0.717, 1.165) is 35.9 Å². The third-order valence-corrected chi connectivity index (χ3v) is 6.52. The molecule has 1 N–H and O–H groups in total. The molecule has 0 saturated carbocycles. The quantitative estimate of drug-likeness (QED) is 0.631. The SMILES string of the molecule is CCCn1c(S[C@H](C)C(=O)NCC)nc2sc3c(c2c1=O)CCC3. The largest absolute Gasteiger partial charge is 0.355 e. The topological polar surface area (TPSA) is 64.0 Å². The van der Waals surface area contributed by atoms with E-state index in [-0.39, 0.29) is 16.7 Å². The fourth-order valence-electron chi connectivity index (χ4n) is 3.10. The van der Waals surface area contributed by atoms with Crippen LogP contribution in [-0.2, 0) is 24.2 Å². The van der Waals surface area contributed by atoms with Gasteiger partial charge in [-0.05, 0) is 45.1 Å².